The second-order valence-electron chi connectivity index (χ2n) is 15.8. The maximum atomic E-state index is 12.8. The molecule has 0 saturated heterocycles. The van der Waals surface area contributed by atoms with Gasteiger partial charge in [-0.05, 0) is 77.0 Å². The molecule has 2 unspecified atom stereocenters. The summed E-state index contributed by atoms with van der Waals surface area (Å²) < 4.78 is 6.02. The molecule has 9 heteroatoms. The number of unbranched alkanes of at least 4 members (excludes halogenated alkanes) is 18. The monoisotopic (exact) mass is 827 g/mol. The number of aliphatic hydroxyl groups excluding tert-OH is 1. The number of aliphatic hydroxyl groups is 1. The molecule has 0 rings (SSSR count). The largest absolute Gasteiger partial charge is 0.480 e. The Kier molecular flexibility index (Phi) is 41.5. The Balaban J connectivity index is 4.42. The summed E-state index contributed by atoms with van der Waals surface area (Å²) in [6, 6.07) is -1.39. The van der Waals surface area contributed by atoms with Crippen LogP contribution in [-0.4, -0.2) is 59.3 Å². The zero-order valence-electron chi connectivity index (χ0n) is 37.5. The lowest BCUT2D eigenvalue weighted by atomic mass is 10.0. The van der Waals surface area contributed by atoms with Crippen LogP contribution in [0.25, 0.3) is 0 Å². The molecular formula is C50H86N2O7. The average molecular weight is 827 g/mol. The Labute approximate surface area is 360 Å². The standard InChI is InChI=1S/C50H86N2O7/c1-3-5-7-9-11-13-15-17-19-20-21-23-25-27-29-34-38-42-49(56)59-45(39-35-31-28-26-24-22-18-16-14-12-10-8-6-4-2)40-36-32-30-33-37-41-47(54)51-43-48(55)52-46(44-53)50(57)58/h5,7,11,13,17,19,21,23,27,29,45-46,53H,3-4,6,8-10,12,14-16,18,20,22,24-26,28,30-44H2,1-2H3,(H,51,54)(H,52,55)(H,57,58)/b7-5-,13-11-,19-17-,23-21-,29-27-. The molecule has 0 fully saturated rings. The van der Waals surface area contributed by atoms with Crippen molar-refractivity contribution in [2.45, 2.75) is 219 Å². The van der Waals surface area contributed by atoms with Crippen LogP contribution in [0.5, 0.6) is 0 Å². The SMILES string of the molecule is CC/C=C\C/C=C\C/C=C\C/C=C\C/C=C\CCCC(=O)OC(CCCCCCCCCCCCCCCC)CCCCCCCC(=O)NCC(=O)NC(CO)C(=O)O. The van der Waals surface area contributed by atoms with E-state index in [4.69, 9.17) is 14.9 Å². The van der Waals surface area contributed by atoms with E-state index in [2.05, 4.69) is 85.2 Å². The summed E-state index contributed by atoms with van der Waals surface area (Å²) in [6.07, 6.45) is 53.9. The van der Waals surface area contributed by atoms with E-state index in [0.29, 0.717) is 12.8 Å². The van der Waals surface area contributed by atoms with Gasteiger partial charge < -0.3 is 25.6 Å². The number of ether oxygens (including phenoxy) is 1. The molecule has 0 aliphatic rings. The summed E-state index contributed by atoms with van der Waals surface area (Å²) in [5, 5.41) is 22.6. The van der Waals surface area contributed by atoms with Gasteiger partial charge in [0, 0.05) is 12.8 Å². The average Bonchev–Trinajstić information content (AvgIpc) is 3.22. The van der Waals surface area contributed by atoms with Crippen LogP contribution in [0.15, 0.2) is 60.8 Å². The zero-order valence-corrected chi connectivity index (χ0v) is 37.5. The van der Waals surface area contributed by atoms with Crippen LogP contribution in [0, 0.1) is 0 Å². The Morgan fingerprint density at radius 1 is 0.525 bits per heavy atom. The molecule has 0 aromatic rings. The lowest BCUT2D eigenvalue weighted by molar-refractivity contribution is -0.150. The van der Waals surface area contributed by atoms with Gasteiger partial charge in [0.05, 0.1) is 13.2 Å². The lowest BCUT2D eigenvalue weighted by Crippen LogP contribution is -2.47. The maximum absolute atomic E-state index is 12.8. The van der Waals surface area contributed by atoms with Crippen molar-refractivity contribution < 1.29 is 34.1 Å². The first-order valence-corrected chi connectivity index (χ1v) is 23.7. The van der Waals surface area contributed by atoms with Gasteiger partial charge in [0.15, 0.2) is 0 Å². The molecule has 0 spiro atoms. The highest BCUT2D eigenvalue weighted by molar-refractivity contribution is 5.87. The highest BCUT2D eigenvalue weighted by atomic mass is 16.5. The molecule has 0 aromatic heterocycles. The van der Waals surface area contributed by atoms with Crippen LogP contribution in [0.3, 0.4) is 0 Å². The normalized spacial score (nSPS) is 13.0. The van der Waals surface area contributed by atoms with Gasteiger partial charge in [-0.25, -0.2) is 4.79 Å². The van der Waals surface area contributed by atoms with E-state index in [-0.39, 0.29) is 30.9 Å². The summed E-state index contributed by atoms with van der Waals surface area (Å²) in [7, 11) is 0. The van der Waals surface area contributed by atoms with Crippen LogP contribution >= 0.6 is 0 Å². The van der Waals surface area contributed by atoms with Crippen LogP contribution < -0.4 is 10.6 Å². The Hall–Kier alpha value is -3.46. The highest BCUT2D eigenvalue weighted by Gasteiger charge is 2.19. The molecular weight excluding hydrogens is 741 g/mol. The van der Waals surface area contributed by atoms with Crippen LogP contribution in [0.1, 0.15) is 206 Å². The molecule has 0 saturated carbocycles. The summed E-state index contributed by atoms with van der Waals surface area (Å²) in [5.74, 6) is -2.35. The summed E-state index contributed by atoms with van der Waals surface area (Å²) in [6.45, 7) is 3.37. The van der Waals surface area contributed by atoms with Crippen LogP contribution in [0.2, 0.25) is 0 Å². The summed E-state index contributed by atoms with van der Waals surface area (Å²) in [5.41, 5.74) is 0. The van der Waals surface area contributed by atoms with Crippen molar-refractivity contribution in [1.29, 1.82) is 0 Å². The van der Waals surface area contributed by atoms with E-state index in [9.17, 15) is 19.2 Å². The number of aliphatic carboxylic acids is 1. The van der Waals surface area contributed by atoms with Gasteiger partial charge in [-0.3, -0.25) is 14.4 Å². The highest BCUT2D eigenvalue weighted by Crippen LogP contribution is 2.19. The van der Waals surface area contributed by atoms with Crippen molar-refractivity contribution in [2.75, 3.05) is 13.2 Å². The number of allylic oxidation sites excluding steroid dienone is 10. The van der Waals surface area contributed by atoms with E-state index in [0.717, 1.165) is 89.9 Å². The Morgan fingerprint density at radius 2 is 0.966 bits per heavy atom. The molecule has 59 heavy (non-hydrogen) atoms. The fraction of sp³-hybridized carbons (Fsp3) is 0.720. The molecule has 0 radical (unpaired) electrons. The number of esters is 1. The van der Waals surface area contributed by atoms with E-state index in [1.54, 1.807) is 0 Å². The van der Waals surface area contributed by atoms with Crippen molar-refractivity contribution in [3.8, 4) is 0 Å². The van der Waals surface area contributed by atoms with E-state index in [1.807, 2.05) is 0 Å². The van der Waals surface area contributed by atoms with Crippen molar-refractivity contribution in [2.24, 2.45) is 0 Å². The van der Waals surface area contributed by atoms with Gasteiger partial charge in [0.2, 0.25) is 11.8 Å². The number of hydrogen-bond acceptors (Lipinski definition) is 6. The van der Waals surface area contributed by atoms with Gasteiger partial charge in [0.1, 0.15) is 12.1 Å². The second-order valence-corrected chi connectivity index (χ2v) is 15.8. The van der Waals surface area contributed by atoms with Crippen molar-refractivity contribution in [3.63, 3.8) is 0 Å². The Bertz CT molecular complexity index is 1180. The van der Waals surface area contributed by atoms with Crippen molar-refractivity contribution >= 4 is 23.8 Å². The third-order valence-corrected chi connectivity index (χ3v) is 10.3. The fourth-order valence-corrected chi connectivity index (χ4v) is 6.69. The number of carboxylic acids is 1. The maximum Gasteiger partial charge on any atom is 0.328 e. The first-order chi connectivity index (χ1) is 28.8. The molecule has 0 aliphatic heterocycles. The number of hydrogen-bond donors (Lipinski definition) is 4. The third-order valence-electron chi connectivity index (χ3n) is 10.3. The van der Waals surface area contributed by atoms with Crippen molar-refractivity contribution in [3.05, 3.63) is 60.8 Å². The predicted molar refractivity (Wildman–Crippen MR) is 245 cm³/mol. The van der Waals surface area contributed by atoms with Gasteiger partial charge in [-0.15, -0.1) is 0 Å². The number of rotatable bonds is 42. The summed E-state index contributed by atoms with van der Waals surface area (Å²) >= 11 is 0. The minimum absolute atomic E-state index is 0.0444. The minimum atomic E-state index is -1.39. The molecule has 4 N–H and O–H groups in total. The molecule has 2 amide bonds. The topological polar surface area (TPSA) is 142 Å². The molecule has 0 heterocycles. The molecule has 338 valence electrons. The van der Waals surface area contributed by atoms with E-state index < -0.39 is 24.5 Å². The molecule has 0 aromatic carbocycles. The molecule has 0 aliphatic carbocycles. The van der Waals surface area contributed by atoms with Gasteiger partial charge >= 0.3 is 11.9 Å². The molecule has 2 atom stereocenters. The number of amides is 2. The second kappa shape index (κ2) is 44.1. The first kappa shape index (κ1) is 55.5. The van der Waals surface area contributed by atoms with Gasteiger partial charge in [-0.2, -0.15) is 0 Å². The van der Waals surface area contributed by atoms with E-state index >= 15 is 0 Å². The third kappa shape index (κ3) is 41.1. The first-order valence-electron chi connectivity index (χ1n) is 23.7. The lowest BCUT2D eigenvalue weighted by Gasteiger charge is -2.18. The van der Waals surface area contributed by atoms with Gasteiger partial charge in [-0.1, -0.05) is 177 Å². The molecule has 0 bridgehead atoms. The van der Waals surface area contributed by atoms with E-state index in [1.165, 1.54) is 83.5 Å². The predicted octanol–water partition coefficient (Wildman–Crippen LogP) is 12.1. The number of carboxylic acid groups (broad SMARTS) is 1. The van der Waals surface area contributed by atoms with Gasteiger partial charge in [0.25, 0.3) is 0 Å². The van der Waals surface area contributed by atoms with Crippen LogP contribution in [0.4, 0.5) is 0 Å². The summed E-state index contributed by atoms with van der Waals surface area (Å²) in [4.78, 5) is 47.7. The van der Waals surface area contributed by atoms with Crippen LogP contribution in [-0.2, 0) is 23.9 Å². The Morgan fingerprint density at radius 3 is 1.42 bits per heavy atom. The minimum Gasteiger partial charge on any atom is -0.480 e. The fourth-order valence-electron chi connectivity index (χ4n) is 6.69. The van der Waals surface area contributed by atoms with Crippen molar-refractivity contribution in [1.82, 2.24) is 10.6 Å². The quantitative estimate of drug-likeness (QED) is 0.0273. The number of nitrogens with one attached hydrogen (secondary N) is 2. The zero-order chi connectivity index (χ0) is 43.3. The smallest absolute Gasteiger partial charge is 0.328 e. The number of carbonyl (C=O) groups excluding carboxylic acids is 3. The number of carbonyl (C=O) groups is 4. The molecule has 9 nitrogen and oxygen atoms in total.